The average Bonchev–Trinajstić information content (AvgIpc) is 2.49. The summed E-state index contributed by atoms with van der Waals surface area (Å²) in [6, 6.07) is 12.0. The first-order chi connectivity index (χ1) is 10.1. The number of anilines is 1. The third kappa shape index (κ3) is 3.79. The average molecular weight is 289 g/mol. The molecule has 0 atom stereocenters. The van der Waals surface area contributed by atoms with Gasteiger partial charge in [-0.05, 0) is 30.3 Å². The Morgan fingerprint density at radius 3 is 2.48 bits per heavy atom. The normalized spacial score (nSPS) is 9.81. The maximum Gasteiger partial charge on any atom is 0.417 e. The molecule has 0 fully saturated rings. The number of methoxy groups -OCH3 is 1. The van der Waals surface area contributed by atoms with Crippen LogP contribution in [-0.4, -0.2) is 19.2 Å². The fraction of sp³-hybridized carbons (Fsp3) is 0.0667. The number of nitrogens with one attached hydrogen (secondary N) is 1. The number of hydrogen-bond acceptors (Lipinski definition) is 4. The summed E-state index contributed by atoms with van der Waals surface area (Å²) >= 11 is 0. The molecule has 0 aliphatic carbocycles. The van der Waals surface area contributed by atoms with Crippen molar-refractivity contribution in [2.45, 2.75) is 0 Å². The molecule has 1 amide bonds. The van der Waals surface area contributed by atoms with Crippen LogP contribution in [0.5, 0.6) is 5.75 Å². The predicted octanol–water partition coefficient (Wildman–Crippen LogP) is 3.22. The molecule has 0 bridgehead atoms. The second-order valence-electron chi connectivity index (χ2n) is 4.01. The zero-order valence-electron chi connectivity index (χ0n) is 11.1. The number of benzene rings is 2. The number of ether oxygens (including phenoxy) is 2. The predicted molar refractivity (Wildman–Crippen MR) is 73.8 cm³/mol. The summed E-state index contributed by atoms with van der Waals surface area (Å²) in [5.41, 5.74) is -0.0484. The molecule has 2 aromatic carbocycles. The summed E-state index contributed by atoms with van der Waals surface area (Å²) in [4.78, 5) is 23.0. The van der Waals surface area contributed by atoms with Crippen LogP contribution in [0, 0.1) is 5.82 Å². The molecular formula is C15H12FNO4. The van der Waals surface area contributed by atoms with Gasteiger partial charge in [-0.25, -0.2) is 14.0 Å². The topological polar surface area (TPSA) is 64.6 Å². The molecule has 6 heteroatoms. The molecule has 2 aromatic rings. The molecule has 0 saturated heterocycles. The minimum atomic E-state index is -0.826. The third-order valence-electron chi connectivity index (χ3n) is 2.57. The first kappa shape index (κ1) is 14.5. The van der Waals surface area contributed by atoms with Crippen LogP contribution in [0.25, 0.3) is 0 Å². The summed E-state index contributed by atoms with van der Waals surface area (Å²) in [5, 5.41) is 2.40. The van der Waals surface area contributed by atoms with E-state index >= 15 is 0 Å². The van der Waals surface area contributed by atoms with Gasteiger partial charge in [0, 0.05) is 5.69 Å². The van der Waals surface area contributed by atoms with Crippen LogP contribution in [0.4, 0.5) is 14.9 Å². The SMILES string of the molecule is COC(=O)c1cc(NC(=O)Oc2ccccc2)ccc1F. The first-order valence-electron chi connectivity index (χ1n) is 6.02. The number of carbonyl (C=O) groups is 2. The van der Waals surface area contributed by atoms with Crippen molar-refractivity contribution >= 4 is 17.7 Å². The summed E-state index contributed by atoms with van der Waals surface area (Å²) in [5.74, 6) is -1.19. The first-order valence-corrected chi connectivity index (χ1v) is 6.02. The van der Waals surface area contributed by atoms with Crippen molar-refractivity contribution in [3.8, 4) is 5.75 Å². The van der Waals surface area contributed by atoms with Crippen LogP contribution in [-0.2, 0) is 4.74 Å². The van der Waals surface area contributed by atoms with Gasteiger partial charge in [0.05, 0.1) is 12.7 Å². The van der Waals surface area contributed by atoms with E-state index in [1.54, 1.807) is 30.3 Å². The molecule has 0 radical (unpaired) electrons. The van der Waals surface area contributed by atoms with Gasteiger partial charge in [-0.2, -0.15) is 0 Å². The highest BCUT2D eigenvalue weighted by atomic mass is 19.1. The smallest absolute Gasteiger partial charge is 0.417 e. The van der Waals surface area contributed by atoms with E-state index in [4.69, 9.17) is 4.74 Å². The Bertz CT molecular complexity index is 658. The second kappa shape index (κ2) is 6.51. The van der Waals surface area contributed by atoms with Gasteiger partial charge in [0.1, 0.15) is 11.6 Å². The van der Waals surface area contributed by atoms with Crippen LogP contribution in [0.15, 0.2) is 48.5 Å². The van der Waals surface area contributed by atoms with Gasteiger partial charge in [-0.3, -0.25) is 5.32 Å². The molecule has 0 saturated carbocycles. The Morgan fingerprint density at radius 2 is 1.81 bits per heavy atom. The fourth-order valence-corrected chi connectivity index (χ4v) is 1.61. The van der Waals surface area contributed by atoms with Crippen LogP contribution < -0.4 is 10.1 Å². The Balaban J connectivity index is 2.09. The molecule has 108 valence electrons. The van der Waals surface area contributed by atoms with Crippen molar-refractivity contribution in [3.05, 3.63) is 59.9 Å². The minimum absolute atomic E-state index is 0.220. The van der Waals surface area contributed by atoms with Crippen LogP contribution in [0.2, 0.25) is 0 Å². The number of carbonyl (C=O) groups excluding carboxylic acids is 2. The molecule has 2 rings (SSSR count). The largest absolute Gasteiger partial charge is 0.465 e. The Kier molecular flexibility index (Phi) is 4.50. The molecule has 0 aliphatic rings. The van der Waals surface area contributed by atoms with Crippen molar-refractivity contribution in [2.75, 3.05) is 12.4 Å². The number of amides is 1. The minimum Gasteiger partial charge on any atom is -0.465 e. The lowest BCUT2D eigenvalue weighted by atomic mass is 10.2. The van der Waals surface area contributed by atoms with Gasteiger partial charge in [-0.15, -0.1) is 0 Å². The van der Waals surface area contributed by atoms with E-state index < -0.39 is 17.9 Å². The van der Waals surface area contributed by atoms with E-state index in [2.05, 4.69) is 10.1 Å². The molecule has 21 heavy (non-hydrogen) atoms. The van der Waals surface area contributed by atoms with Gasteiger partial charge in [0.15, 0.2) is 0 Å². The van der Waals surface area contributed by atoms with Crippen molar-refractivity contribution in [3.63, 3.8) is 0 Å². The second-order valence-corrected chi connectivity index (χ2v) is 4.01. The van der Waals surface area contributed by atoms with E-state index in [0.717, 1.165) is 13.2 Å². The van der Waals surface area contributed by atoms with Gasteiger partial charge < -0.3 is 9.47 Å². The van der Waals surface area contributed by atoms with Crippen molar-refractivity contribution in [2.24, 2.45) is 0 Å². The lowest BCUT2D eigenvalue weighted by Gasteiger charge is -2.08. The summed E-state index contributed by atoms with van der Waals surface area (Å²) in [7, 11) is 1.14. The summed E-state index contributed by atoms with van der Waals surface area (Å²) in [6.07, 6.45) is -0.747. The van der Waals surface area contributed by atoms with Gasteiger partial charge in [0.2, 0.25) is 0 Å². The molecular weight excluding hydrogens is 277 g/mol. The molecule has 0 heterocycles. The highest BCUT2D eigenvalue weighted by molar-refractivity contribution is 5.93. The highest BCUT2D eigenvalue weighted by Crippen LogP contribution is 2.17. The monoisotopic (exact) mass is 289 g/mol. The van der Waals surface area contributed by atoms with Crippen LogP contribution in [0.1, 0.15) is 10.4 Å². The van der Waals surface area contributed by atoms with Crippen molar-refractivity contribution in [1.82, 2.24) is 0 Å². The van der Waals surface area contributed by atoms with Crippen molar-refractivity contribution < 1.29 is 23.5 Å². The van der Waals surface area contributed by atoms with Crippen LogP contribution >= 0.6 is 0 Å². The Labute approximate surface area is 120 Å². The zero-order chi connectivity index (χ0) is 15.2. The zero-order valence-corrected chi connectivity index (χ0v) is 11.1. The molecule has 1 N–H and O–H groups in total. The van der Waals surface area contributed by atoms with E-state index in [0.29, 0.717) is 5.75 Å². The fourth-order valence-electron chi connectivity index (χ4n) is 1.61. The van der Waals surface area contributed by atoms with E-state index in [9.17, 15) is 14.0 Å². The van der Waals surface area contributed by atoms with E-state index in [1.807, 2.05) is 0 Å². The number of halogens is 1. The van der Waals surface area contributed by atoms with Crippen molar-refractivity contribution in [1.29, 1.82) is 0 Å². The lowest BCUT2D eigenvalue weighted by molar-refractivity contribution is 0.0595. The molecule has 0 aliphatic heterocycles. The van der Waals surface area contributed by atoms with Gasteiger partial charge in [-0.1, -0.05) is 18.2 Å². The van der Waals surface area contributed by atoms with Gasteiger partial charge >= 0.3 is 12.1 Å². The quantitative estimate of drug-likeness (QED) is 0.881. The lowest BCUT2D eigenvalue weighted by Crippen LogP contribution is -2.17. The molecule has 5 nitrogen and oxygen atoms in total. The molecule has 0 unspecified atom stereocenters. The Hall–Kier alpha value is -2.89. The number of esters is 1. The summed E-state index contributed by atoms with van der Waals surface area (Å²) in [6.45, 7) is 0. The standard InChI is InChI=1S/C15H12FNO4/c1-20-14(18)12-9-10(7-8-13(12)16)17-15(19)21-11-5-3-2-4-6-11/h2-9H,1H3,(H,17,19). The van der Waals surface area contributed by atoms with E-state index in [1.165, 1.54) is 12.1 Å². The Morgan fingerprint density at radius 1 is 1.10 bits per heavy atom. The molecule has 0 spiro atoms. The van der Waals surface area contributed by atoms with E-state index in [-0.39, 0.29) is 11.3 Å². The molecule has 0 aromatic heterocycles. The summed E-state index contributed by atoms with van der Waals surface area (Å²) < 4.78 is 22.9. The van der Waals surface area contributed by atoms with Gasteiger partial charge in [0.25, 0.3) is 0 Å². The highest BCUT2D eigenvalue weighted by Gasteiger charge is 2.14. The maximum absolute atomic E-state index is 13.4. The number of rotatable bonds is 3. The maximum atomic E-state index is 13.4. The third-order valence-corrected chi connectivity index (χ3v) is 2.57. The number of hydrogen-bond donors (Lipinski definition) is 1. The number of para-hydroxylation sites is 1. The van der Waals surface area contributed by atoms with Crippen LogP contribution in [0.3, 0.4) is 0 Å².